The minimum absolute atomic E-state index is 0.0113. The van der Waals surface area contributed by atoms with Gasteiger partial charge < -0.3 is 75.8 Å². The van der Waals surface area contributed by atoms with Gasteiger partial charge in [-0.05, 0) is 157 Å². The van der Waals surface area contributed by atoms with E-state index in [4.69, 9.17) is 75.8 Å². The number of ether oxygens (including phenoxy) is 16. The van der Waals surface area contributed by atoms with Crippen LogP contribution in [0.1, 0.15) is 202 Å². The van der Waals surface area contributed by atoms with Gasteiger partial charge in [0.05, 0.1) is 104 Å². The first-order chi connectivity index (χ1) is 54.9. The zero-order valence-corrected chi connectivity index (χ0v) is 63.0. The minimum atomic E-state index is -0.951. The predicted octanol–water partition coefficient (Wildman–Crippen LogP) is 11.3. The van der Waals surface area contributed by atoms with Crippen molar-refractivity contribution in [2.24, 2.45) is 5.41 Å². The van der Waals surface area contributed by atoms with Crippen LogP contribution in [0.5, 0.6) is 23.0 Å². The molecular formula is C81H96N4O28. The van der Waals surface area contributed by atoms with Gasteiger partial charge in [-0.2, -0.15) is 19.6 Å². The summed E-state index contributed by atoms with van der Waals surface area (Å²) in [6.07, 6.45) is 1.31. The third-order valence-corrected chi connectivity index (χ3v) is 20.6. The molecule has 4 aromatic carbocycles. The third-order valence-electron chi connectivity index (χ3n) is 20.6. The average Bonchev–Trinajstić information content (AvgIpc) is 1.83. The normalized spacial score (nSPS) is 22.9. The summed E-state index contributed by atoms with van der Waals surface area (Å²) >= 11 is 0. The van der Waals surface area contributed by atoms with E-state index in [-0.39, 0.29) is 129 Å². The number of imide groups is 12. The maximum atomic E-state index is 12.4. The van der Waals surface area contributed by atoms with Gasteiger partial charge in [-0.3, -0.25) is 38.4 Å². The fourth-order valence-electron chi connectivity index (χ4n) is 14.3. The van der Waals surface area contributed by atoms with Crippen molar-refractivity contribution >= 4 is 71.6 Å². The number of amides is 12. The van der Waals surface area contributed by atoms with Gasteiger partial charge in [0.1, 0.15) is 23.0 Å². The average molecular weight is 1570 g/mol. The summed E-state index contributed by atoms with van der Waals surface area (Å²) in [5.74, 6) is -2.18. The highest BCUT2D eigenvalue weighted by atomic mass is 16.7. The first kappa shape index (κ1) is 82.7. The summed E-state index contributed by atoms with van der Waals surface area (Å²) in [4.78, 5) is 148. The Morgan fingerprint density at radius 3 is 0.726 bits per heavy atom. The molecule has 0 saturated carbocycles. The van der Waals surface area contributed by atoms with Crippen molar-refractivity contribution in [1.82, 2.24) is 19.6 Å². The molecule has 0 aliphatic carbocycles. The molecule has 0 aromatic heterocycles. The lowest BCUT2D eigenvalue weighted by molar-refractivity contribution is -0.138. The highest BCUT2D eigenvalue weighted by molar-refractivity contribution is 6.15. The molecule has 0 N–H and O–H groups in total. The van der Waals surface area contributed by atoms with Gasteiger partial charge in [0.15, 0.2) is 25.2 Å². The van der Waals surface area contributed by atoms with Gasteiger partial charge in [-0.25, -0.2) is 19.2 Å². The van der Waals surface area contributed by atoms with Crippen LogP contribution in [0.4, 0.5) is 19.2 Å². The Morgan fingerprint density at radius 2 is 0.513 bits per heavy atom. The van der Waals surface area contributed by atoms with Crippen LogP contribution in [0.3, 0.4) is 0 Å². The zero-order valence-electron chi connectivity index (χ0n) is 63.0. The molecule has 8 aliphatic rings. The molecule has 8 aliphatic heterocycles. The Kier molecular flexibility index (Phi) is 29.8. The maximum Gasteiger partial charge on any atom is 0.423 e. The summed E-state index contributed by atoms with van der Waals surface area (Å²) in [6, 6.07) is 30.1. The molecule has 12 amide bonds. The minimum Gasteiger partial charge on any atom is -0.494 e. The molecule has 0 spiro atoms. The molecule has 0 radical (unpaired) electrons. The lowest BCUT2D eigenvalue weighted by Gasteiger charge is -2.34. The first-order valence-electron chi connectivity index (χ1n) is 39.0. The van der Waals surface area contributed by atoms with Crippen molar-refractivity contribution in [1.29, 1.82) is 0 Å². The lowest BCUT2D eigenvalue weighted by Crippen LogP contribution is -2.36. The van der Waals surface area contributed by atoms with E-state index in [1.807, 2.05) is 97.1 Å². The van der Waals surface area contributed by atoms with Crippen LogP contribution in [0, 0.1) is 5.41 Å². The van der Waals surface area contributed by atoms with Gasteiger partial charge in [-0.1, -0.05) is 48.5 Å². The molecule has 32 heteroatoms. The molecule has 8 fully saturated rings. The number of unbranched alkanes of at least 4 members (excludes halogenated alkanes) is 4. The molecule has 32 nitrogen and oxygen atoms in total. The summed E-state index contributed by atoms with van der Waals surface area (Å²) in [6.45, 7) is 2.46. The van der Waals surface area contributed by atoms with E-state index in [1.54, 1.807) is 0 Å². The van der Waals surface area contributed by atoms with Gasteiger partial charge in [0, 0.05) is 73.6 Å². The second-order valence-electron chi connectivity index (χ2n) is 28.8. The monoisotopic (exact) mass is 1570 g/mol. The number of likely N-dealkylation sites (tertiary alicyclic amines) is 4. The van der Waals surface area contributed by atoms with Crippen molar-refractivity contribution in [2.75, 3.05) is 79.3 Å². The fourth-order valence-corrected chi connectivity index (χ4v) is 14.3. The van der Waals surface area contributed by atoms with Gasteiger partial charge in [-0.15, -0.1) is 0 Å². The van der Waals surface area contributed by atoms with Crippen molar-refractivity contribution in [3.05, 3.63) is 119 Å². The largest absolute Gasteiger partial charge is 0.494 e. The number of rotatable bonds is 40. The SMILES string of the molecule is O=C1CCC(=O)N1C(=O)OCCCCC1COC(c2cccc(OCCC(CCOc3cccc(C4OCC(CCCCOC(=O)N5C(=O)CCC5=O)O4)c3)(CCOc3cccc(C4OCC(CCCCOC(=O)N5C(=O)CCC5=O)O4)c3)CCOc3cccc(C4OCC(CCCCOC(=O)N5C(=O)CCC5=O)O4)c3)c2)O1. The maximum absolute atomic E-state index is 12.4. The van der Waals surface area contributed by atoms with Crippen LogP contribution in [0.2, 0.25) is 0 Å². The van der Waals surface area contributed by atoms with Gasteiger partial charge >= 0.3 is 24.4 Å². The van der Waals surface area contributed by atoms with Crippen LogP contribution in [0.25, 0.3) is 0 Å². The second kappa shape index (κ2) is 40.8. The number of carbonyl (C=O) groups is 12. The second-order valence-corrected chi connectivity index (χ2v) is 28.8. The summed E-state index contributed by atoms with van der Waals surface area (Å²) < 4.78 is 97.5. The number of hydrogen-bond donors (Lipinski definition) is 0. The molecule has 8 unspecified atom stereocenters. The molecule has 608 valence electrons. The molecule has 4 aromatic rings. The molecular weight excluding hydrogens is 1480 g/mol. The Bertz CT molecular complexity index is 3470. The Balaban J connectivity index is 0.693. The first-order valence-corrected chi connectivity index (χ1v) is 39.0. The van der Waals surface area contributed by atoms with Crippen LogP contribution < -0.4 is 18.9 Å². The quantitative estimate of drug-likeness (QED) is 0.0227. The van der Waals surface area contributed by atoms with E-state index in [0.29, 0.717) is 172 Å². The van der Waals surface area contributed by atoms with E-state index >= 15 is 0 Å². The molecule has 8 atom stereocenters. The number of nitrogens with zero attached hydrogens (tertiary/aromatic N) is 4. The lowest BCUT2D eigenvalue weighted by atomic mass is 9.76. The predicted molar refractivity (Wildman–Crippen MR) is 388 cm³/mol. The van der Waals surface area contributed by atoms with E-state index in [2.05, 4.69) is 0 Å². The molecule has 12 rings (SSSR count). The number of carbonyl (C=O) groups excluding carboxylic acids is 12. The highest BCUT2D eigenvalue weighted by Crippen LogP contribution is 2.40. The van der Waals surface area contributed by atoms with E-state index < -0.39 is 102 Å². The van der Waals surface area contributed by atoms with Crippen LogP contribution >= 0.6 is 0 Å². The fraction of sp³-hybridized carbons (Fsp3) is 0.556. The van der Waals surface area contributed by atoms with Crippen molar-refractivity contribution in [3.8, 4) is 23.0 Å². The van der Waals surface area contributed by atoms with E-state index in [1.165, 1.54) is 0 Å². The van der Waals surface area contributed by atoms with E-state index in [9.17, 15) is 57.5 Å². The van der Waals surface area contributed by atoms with Crippen LogP contribution in [-0.2, 0) is 95.2 Å². The third kappa shape index (κ3) is 23.2. The Hall–Kier alpha value is -9.80. The van der Waals surface area contributed by atoms with Gasteiger partial charge in [0.25, 0.3) is 0 Å². The van der Waals surface area contributed by atoms with Crippen molar-refractivity contribution in [3.63, 3.8) is 0 Å². The van der Waals surface area contributed by atoms with Crippen molar-refractivity contribution in [2.45, 2.75) is 204 Å². The number of hydrogen-bond acceptors (Lipinski definition) is 28. The standard InChI is InChI=1S/C81H96N4O28/c86-65-25-26-66(87)82(65)77(94)102-37-5-1-17-61-49-106-73(110-61)53-13-9-21-57(45-53)98-41-33-81(34-42-99-58-22-10-14-54(46-58)74-107-50-62(111-74)18-2-6-38-103-78(95)83-67(88)27-28-68(83)89,35-43-100-59-23-11-15-55(47-59)75-108-51-63(112-75)19-3-7-39-104-79(96)84-69(90)29-30-70(84)91)36-44-101-60-24-12-16-56(48-60)76-109-52-64(113-76)20-4-8-40-105-80(97)85-71(92)31-32-72(85)93/h9-16,21-24,45-48,61-64,73-76H,1-8,17-20,25-44,49-52H2. The van der Waals surface area contributed by atoms with Gasteiger partial charge in [0.2, 0.25) is 47.3 Å². The van der Waals surface area contributed by atoms with E-state index in [0.717, 1.165) is 22.3 Å². The summed E-state index contributed by atoms with van der Waals surface area (Å²) in [5.41, 5.74) is 2.40. The highest BCUT2D eigenvalue weighted by Gasteiger charge is 2.41. The van der Waals surface area contributed by atoms with Crippen LogP contribution in [-0.4, -0.2) is 195 Å². The molecule has 113 heavy (non-hydrogen) atoms. The molecule has 8 heterocycles. The topological polar surface area (TPSA) is 365 Å². The zero-order chi connectivity index (χ0) is 79.1. The molecule has 0 bridgehead atoms. The van der Waals surface area contributed by atoms with Crippen LogP contribution in [0.15, 0.2) is 97.1 Å². The van der Waals surface area contributed by atoms with Crippen molar-refractivity contribution < 1.29 is 133 Å². The summed E-state index contributed by atoms with van der Waals surface area (Å²) in [7, 11) is 0. The molecule has 8 saturated heterocycles. The number of benzene rings is 4. The Labute approximate surface area is 652 Å². The summed E-state index contributed by atoms with van der Waals surface area (Å²) in [5, 5.41) is 0. The Morgan fingerprint density at radius 1 is 0.301 bits per heavy atom. The smallest absolute Gasteiger partial charge is 0.423 e.